The van der Waals surface area contributed by atoms with Crippen molar-refractivity contribution in [2.24, 2.45) is 0 Å². The zero-order chi connectivity index (χ0) is 17.4. The van der Waals surface area contributed by atoms with Crippen molar-refractivity contribution < 1.29 is 19.4 Å². The number of carboxylic acid groups (broad SMARTS) is 1. The fourth-order valence-electron chi connectivity index (χ4n) is 3.20. The predicted molar refractivity (Wildman–Crippen MR) is 93.9 cm³/mol. The number of ether oxygens (including phenoxy) is 1. The van der Waals surface area contributed by atoms with Gasteiger partial charge in [0.1, 0.15) is 5.75 Å². The van der Waals surface area contributed by atoms with Gasteiger partial charge >= 0.3 is 5.97 Å². The van der Waals surface area contributed by atoms with Crippen LogP contribution in [-0.2, 0) is 4.79 Å². The molecule has 4 heteroatoms. The average Bonchev–Trinajstić information content (AvgIpc) is 2.93. The minimum Gasteiger partial charge on any atom is -0.482 e. The van der Waals surface area contributed by atoms with Gasteiger partial charge in [0.05, 0.1) is 0 Å². The van der Waals surface area contributed by atoms with Crippen LogP contribution in [0.4, 0.5) is 0 Å². The maximum Gasteiger partial charge on any atom is 0.341 e. The summed E-state index contributed by atoms with van der Waals surface area (Å²) in [6.07, 6.45) is 0. The highest BCUT2D eigenvalue weighted by atomic mass is 16.5. The van der Waals surface area contributed by atoms with Gasteiger partial charge in [0.15, 0.2) is 12.4 Å². The largest absolute Gasteiger partial charge is 0.482 e. The minimum atomic E-state index is -1.04. The number of rotatable bonds is 4. The highest BCUT2D eigenvalue weighted by Crippen LogP contribution is 2.43. The van der Waals surface area contributed by atoms with Gasteiger partial charge in [-0.05, 0) is 34.4 Å². The Morgan fingerprint density at radius 3 is 2.20 bits per heavy atom. The number of carbonyl (C=O) groups excluding carboxylic acids is 1. The summed E-state index contributed by atoms with van der Waals surface area (Å²) in [5.74, 6) is -0.628. The molecule has 1 aliphatic carbocycles. The van der Waals surface area contributed by atoms with Gasteiger partial charge in [0, 0.05) is 11.1 Å². The highest BCUT2D eigenvalue weighted by Gasteiger charge is 2.30. The van der Waals surface area contributed by atoms with Gasteiger partial charge in [-0.25, -0.2) is 4.79 Å². The molecule has 0 saturated heterocycles. The molecule has 3 aromatic rings. The van der Waals surface area contributed by atoms with Crippen LogP contribution in [0, 0.1) is 0 Å². The Morgan fingerprint density at radius 2 is 1.48 bits per heavy atom. The number of benzene rings is 3. The van der Waals surface area contributed by atoms with E-state index in [1.807, 2.05) is 54.6 Å². The van der Waals surface area contributed by atoms with Crippen LogP contribution < -0.4 is 4.74 Å². The second-order valence-corrected chi connectivity index (χ2v) is 5.82. The molecule has 0 saturated carbocycles. The Morgan fingerprint density at radius 1 is 0.840 bits per heavy atom. The standard InChI is InChI=1S/C21H14O4/c22-19(23)12-25-14-10-17(13-6-2-1-3-7-13)20-18(11-14)15-8-4-5-9-16(15)21(20)24/h1-11H,12H2,(H,22,23). The van der Waals surface area contributed by atoms with Crippen molar-refractivity contribution in [3.05, 3.63) is 77.9 Å². The molecule has 0 bridgehead atoms. The fraction of sp³-hybridized carbons (Fsp3) is 0.0476. The van der Waals surface area contributed by atoms with Crippen LogP contribution in [0.1, 0.15) is 15.9 Å². The maximum atomic E-state index is 12.9. The van der Waals surface area contributed by atoms with Crippen LogP contribution in [0.25, 0.3) is 22.3 Å². The molecule has 0 amide bonds. The molecule has 4 rings (SSSR count). The Bertz CT molecular complexity index is 990. The molecule has 0 radical (unpaired) electrons. The monoisotopic (exact) mass is 330 g/mol. The van der Waals surface area contributed by atoms with Gasteiger partial charge in [0.25, 0.3) is 0 Å². The van der Waals surface area contributed by atoms with Gasteiger partial charge in [-0.1, -0.05) is 54.6 Å². The molecule has 0 atom stereocenters. The molecule has 122 valence electrons. The SMILES string of the molecule is O=C(O)COc1cc(-c2ccccc2)c2c(c1)-c1ccccc1C2=O. The Hall–Kier alpha value is -3.40. The summed E-state index contributed by atoms with van der Waals surface area (Å²) in [5, 5.41) is 8.88. The summed E-state index contributed by atoms with van der Waals surface area (Å²) in [4.78, 5) is 23.8. The third-order valence-corrected chi connectivity index (χ3v) is 4.25. The second-order valence-electron chi connectivity index (χ2n) is 5.82. The molecule has 25 heavy (non-hydrogen) atoms. The highest BCUT2D eigenvalue weighted by molar-refractivity contribution is 6.24. The van der Waals surface area contributed by atoms with Crippen LogP contribution >= 0.6 is 0 Å². The van der Waals surface area contributed by atoms with Gasteiger partial charge in [-0.3, -0.25) is 4.79 Å². The molecule has 0 heterocycles. The smallest absolute Gasteiger partial charge is 0.341 e. The van der Waals surface area contributed by atoms with Gasteiger partial charge < -0.3 is 9.84 Å². The summed E-state index contributed by atoms with van der Waals surface area (Å²) in [5.41, 5.74) is 4.56. The number of hydrogen-bond donors (Lipinski definition) is 1. The minimum absolute atomic E-state index is 0.0192. The van der Waals surface area contributed by atoms with Crippen molar-refractivity contribution in [3.63, 3.8) is 0 Å². The normalized spacial score (nSPS) is 11.8. The molecule has 3 aromatic carbocycles. The first-order valence-corrected chi connectivity index (χ1v) is 7.87. The molecule has 1 aliphatic rings. The van der Waals surface area contributed by atoms with E-state index in [2.05, 4.69) is 0 Å². The van der Waals surface area contributed by atoms with Crippen LogP contribution in [-0.4, -0.2) is 23.5 Å². The average molecular weight is 330 g/mol. The van der Waals surface area contributed by atoms with Crippen molar-refractivity contribution in [2.45, 2.75) is 0 Å². The van der Waals surface area contributed by atoms with Crippen molar-refractivity contribution in [2.75, 3.05) is 6.61 Å². The molecule has 0 spiro atoms. The molecule has 1 N–H and O–H groups in total. The van der Waals surface area contributed by atoms with E-state index >= 15 is 0 Å². The topological polar surface area (TPSA) is 63.6 Å². The number of hydrogen-bond acceptors (Lipinski definition) is 3. The lowest BCUT2D eigenvalue weighted by Crippen LogP contribution is -2.09. The van der Waals surface area contributed by atoms with E-state index < -0.39 is 12.6 Å². The molecule has 0 aliphatic heterocycles. The van der Waals surface area contributed by atoms with E-state index in [1.165, 1.54) is 0 Å². The number of fused-ring (bicyclic) bond motifs is 3. The molecule has 0 unspecified atom stereocenters. The summed E-state index contributed by atoms with van der Waals surface area (Å²) in [7, 11) is 0. The molecular formula is C21H14O4. The van der Waals surface area contributed by atoms with Crippen LogP contribution in [0.5, 0.6) is 5.75 Å². The van der Waals surface area contributed by atoms with E-state index in [1.54, 1.807) is 12.1 Å². The summed E-state index contributed by atoms with van der Waals surface area (Å²) in [6.45, 7) is -0.428. The van der Waals surface area contributed by atoms with Crippen molar-refractivity contribution in [1.29, 1.82) is 0 Å². The number of carboxylic acids is 1. The van der Waals surface area contributed by atoms with E-state index in [0.717, 1.165) is 22.3 Å². The lowest BCUT2D eigenvalue weighted by atomic mass is 9.95. The molecular weight excluding hydrogens is 316 g/mol. The number of aliphatic carboxylic acids is 1. The predicted octanol–water partition coefficient (Wildman–Crippen LogP) is 4.03. The van der Waals surface area contributed by atoms with Crippen molar-refractivity contribution >= 4 is 11.8 Å². The first-order valence-electron chi connectivity index (χ1n) is 7.87. The second kappa shape index (κ2) is 5.91. The van der Waals surface area contributed by atoms with Crippen LogP contribution in [0.15, 0.2) is 66.7 Å². The fourth-order valence-corrected chi connectivity index (χ4v) is 3.20. The van der Waals surface area contributed by atoms with E-state index in [-0.39, 0.29) is 5.78 Å². The zero-order valence-electron chi connectivity index (χ0n) is 13.2. The Kier molecular flexibility index (Phi) is 3.58. The third-order valence-electron chi connectivity index (χ3n) is 4.25. The number of ketones is 1. The Balaban J connectivity index is 1.94. The first-order chi connectivity index (χ1) is 12.1. The van der Waals surface area contributed by atoms with Crippen LogP contribution in [0.3, 0.4) is 0 Å². The van der Waals surface area contributed by atoms with Gasteiger partial charge in [0.2, 0.25) is 0 Å². The third kappa shape index (κ3) is 2.58. The van der Waals surface area contributed by atoms with Crippen molar-refractivity contribution in [1.82, 2.24) is 0 Å². The maximum absolute atomic E-state index is 12.9. The lowest BCUT2D eigenvalue weighted by molar-refractivity contribution is -0.139. The van der Waals surface area contributed by atoms with Gasteiger partial charge in [-0.15, -0.1) is 0 Å². The Labute approximate surface area is 144 Å². The molecule has 0 fully saturated rings. The van der Waals surface area contributed by atoms with E-state index in [4.69, 9.17) is 9.84 Å². The van der Waals surface area contributed by atoms with Crippen LogP contribution in [0.2, 0.25) is 0 Å². The van der Waals surface area contributed by atoms with E-state index in [0.29, 0.717) is 16.9 Å². The summed E-state index contributed by atoms with van der Waals surface area (Å²) in [6, 6.07) is 20.5. The summed E-state index contributed by atoms with van der Waals surface area (Å²) < 4.78 is 5.39. The van der Waals surface area contributed by atoms with Crippen molar-refractivity contribution in [3.8, 4) is 28.0 Å². The van der Waals surface area contributed by atoms with Gasteiger partial charge in [-0.2, -0.15) is 0 Å². The zero-order valence-corrected chi connectivity index (χ0v) is 13.2. The summed E-state index contributed by atoms with van der Waals surface area (Å²) >= 11 is 0. The quantitative estimate of drug-likeness (QED) is 0.614. The van der Waals surface area contributed by atoms with E-state index in [9.17, 15) is 9.59 Å². The molecule has 0 aromatic heterocycles. The number of carbonyl (C=O) groups is 2. The molecule has 4 nitrogen and oxygen atoms in total. The first kappa shape index (κ1) is 15.1. The lowest BCUT2D eigenvalue weighted by Gasteiger charge is -2.12.